The zero-order chi connectivity index (χ0) is 20.4. The molecule has 1 heteroatoms. The van der Waals surface area contributed by atoms with Gasteiger partial charge in [-0.05, 0) is 56.0 Å². The average Bonchev–Trinajstić information content (AvgIpc) is 2.97. The van der Waals surface area contributed by atoms with Crippen LogP contribution in [0.5, 0.6) is 0 Å². The summed E-state index contributed by atoms with van der Waals surface area (Å²) in [6.45, 7) is 9.14. The van der Waals surface area contributed by atoms with Crippen LogP contribution in [0.3, 0.4) is 0 Å². The molecule has 0 amide bonds. The summed E-state index contributed by atoms with van der Waals surface area (Å²) in [6.07, 6.45) is 0. The maximum absolute atomic E-state index is 2.35. The van der Waals surface area contributed by atoms with E-state index >= 15 is 0 Å². The third kappa shape index (κ3) is 3.93. The molecule has 0 aromatic heterocycles. The molecular weight excluding hydrogens is 364 g/mol. The lowest BCUT2D eigenvalue weighted by Gasteiger charge is -2.25. The Hall–Kier alpha value is -2.64. The molecule has 1 aliphatic carbocycles. The van der Waals surface area contributed by atoms with E-state index < -0.39 is 8.80 Å². The average molecular weight is 395 g/mol. The van der Waals surface area contributed by atoms with Crippen molar-refractivity contribution < 1.29 is 0 Å². The molecule has 1 atom stereocenters. The van der Waals surface area contributed by atoms with Gasteiger partial charge in [0.25, 0.3) is 0 Å². The standard InChI is InChI=1S/C28H30Si/c1-20-15-17-24(18-16-20)28-23(4)21(2)22(3)27(28)19-29(25-11-7-5-8-12-25)26-13-9-6-10-14-26/h5-18,27,29H,19H2,1-4H3. The van der Waals surface area contributed by atoms with E-state index in [-0.39, 0.29) is 0 Å². The van der Waals surface area contributed by atoms with Crippen molar-refractivity contribution in [2.24, 2.45) is 5.92 Å². The minimum Gasteiger partial charge on any atom is -0.0629 e. The van der Waals surface area contributed by atoms with Crippen molar-refractivity contribution in [3.63, 3.8) is 0 Å². The van der Waals surface area contributed by atoms with E-state index in [1.807, 2.05) is 0 Å². The minimum absolute atomic E-state index is 0.509. The first-order chi connectivity index (χ1) is 14.1. The van der Waals surface area contributed by atoms with Crippen LogP contribution in [0.2, 0.25) is 6.04 Å². The fourth-order valence-corrected chi connectivity index (χ4v) is 8.12. The van der Waals surface area contributed by atoms with E-state index in [9.17, 15) is 0 Å². The Balaban J connectivity index is 1.77. The van der Waals surface area contributed by atoms with Gasteiger partial charge in [0.2, 0.25) is 0 Å². The maximum atomic E-state index is 2.35. The first-order valence-corrected chi connectivity index (χ1v) is 12.6. The minimum atomic E-state index is -1.34. The highest BCUT2D eigenvalue weighted by molar-refractivity contribution is 6.85. The van der Waals surface area contributed by atoms with Gasteiger partial charge in [-0.3, -0.25) is 0 Å². The molecule has 0 radical (unpaired) electrons. The zero-order valence-electron chi connectivity index (χ0n) is 17.9. The van der Waals surface area contributed by atoms with Crippen LogP contribution in [-0.2, 0) is 0 Å². The largest absolute Gasteiger partial charge is 0.104 e. The molecule has 0 spiro atoms. The van der Waals surface area contributed by atoms with Gasteiger partial charge in [-0.25, -0.2) is 0 Å². The Kier molecular flexibility index (Phi) is 5.69. The molecule has 29 heavy (non-hydrogen) atoms. The van der Waals surface area contributed by atoms with E-state index in [1.54, 1.807) is 11.1 Å². The number of hydrogen-bond acceptors (Lipinski definition) is 0. The van der Waals surface area contributed by atoms with Crippen LogP contribution < -0.4 is 10.4 Å². The first kappa shape index (κ1) is 19.7. The van der Waals surface area contributed by atoms with Gasteiger partial charge in [-0.2, -0.15) is 0 Å². The molecule has 4 rings (SSSR count). The molecule has 0 nitrogen and oxygen atoms in total. The van der Waals surface area contributed by atoms with Crippen molar-refractivity contribution in [3.05, 3.63) is 113 Å². The van der Waals surface area contributed by atoms with Crippen LogP contribution in [0.15, 0.2) is 102 Å². The van der Waals surface area contributed by atoms with E-state index in [0.717, 1.165) is 0 Å². The van der Waals surface area contributed by atoms with E-state index in [1.165, 1.54) is 38.7 Å². The number of benzene rings is 3. The van der Waals surface area contributed by atoms with Crippen molar-refractivity contribution in [2.75, 3.05) is 0 Å². The fraction of sp³-hybridized carbons (Fsp3) is 0.214. The summed E-state index contributed by atoms with van der Waals surface area (Å²) in [5.74, 6) is 0.509. The van der Waals surface area contributed by atoms with Gasteiger partial charge < -0.3 is 0 Å². The van der Waals surface area contributed by atoms with Crippen molar-refractivity contribution in [3.8, 4) is 0 Å². The highest BCUT2D eigenvalue weighted by atomic mass is 28.3. The molecule has 146 valence electrons. The Labute approximate surface area is 177 Å². The second-order valence-electron chi connectivity index (χ2n) is 8.37. The van der Waals surface area contributed by atoms with Gasteiger partial charge >= 0.3 is 0 Å². The third-order valence-electron chi connectivity index (χ3n) is 6.67. The summed E-state index contributed by atoms with van der Waals surface area (Å²) < 4.78 is 0. The van der Waals surface area contributed by atoms with Crippen molar-refractivity contribution in [1.29, 1.82) is 0 Å². The summed E-state index contributed by atoms with van der Waals surface area (Å²) in [4.78, 5) is 0. The number of rotatable bonds is 5. The molecule has 0 saturated carbocycles. The predicted molar refractivity (Wildman–Crippen MR) is 130 cm³/mol. The number of allylic oxidation sites excluding steroid dienone is 4. The van der Waals surface area contributed by atoms with Crippen molar-refractivity contribution in [1.82, 2.24) is 0 Å². The highest BCUT2D eigenvalue weighted by Gasteiger charge is 2.32. The van der Waals surface area contributed by atoms with E-state index in [4.69, 9.17) is 0 Å². The van der Waals surface area contributed by atoms with Crippen LogP contribution in [0.25, 0.3) is 5.57 Å². The molecule has 3 aromatic carbocycles. The molecule has 0 aliphatic heterocycles. The summed E-state index contributed by atoms with van der Waals surface area (Å²) >= 11 is 0. The summed E-state index contributed by atoms with van der Waals surface area (Å²) in [5.41, 5.74) is 8.78. The molecule has 1 aliphatic rings. The molecule has 1 unspecified atom stereocenters. The smallest absolute Gasteiger partial charge is 0.0629 e. The number of aryl methyl sites for hydroxylation is 1. The summed E-state index contributed by atoms with van der Waals surface area (Å²) in [6, 6.07) is 32.8. The van der Waals surface area contributed by atoms with Crippen molar-refractivity contribution in [2.45, 2.75) is 33.7 Å². The Morgan fingerprint density at radius 3 is 1.66 bits per heavy atom. The van der Waals surface area contributed by atoms with Gasteiger partial charge in [0, 0.05) is 5.92 Å². The Morgan fingerprint density at radius 2 is 1.14 bits per heavy atom. The molecule has 3 aromatic rings. The Morgan fingerprint density at radius 1 is 0.621 bits per heavy atom. The third-order valence-corrected chi connectivity index (χ3v) is 9.99. The van der Waals surface area contributed by atoms with Gasteiger partial charge in [0.15, 0.2) is 0 Å². The molecule has 0 fully saturated rings. The summed E-state index contributed by atoms with van der Waals surface area (Å²) in [7, 11) is -1.34. The lowest BCUT2D eigenvalue weighted by atomic mass is 9.91. The zero-order valence-corrected chi connectivity index (χ0v) is 19.1. The van der Waals surface area contributed by atoms with Crippen LogP contribution in [0.1, 0.15) is 31.9 Å². The van der Waals surface area contributed by atoms with Gasteiger partial charge in [-0.1, -0.05) is 106 Å². The second-order valence-corrected chi connectivity index (χ2v) is 11.3. The molecule has 0 saturated heterocycles. The highest BCUT2D eigenvalue weighted by Crippen LogP contribution is 2.45. The lowest BCUT2D eigenvalue weighted by Crippen LogP contribution is -2.43. The molecular formula is C28H30Si. The Bertz CT molecular complexity index is 1000. The van der Waals surface area contributed by atoms with E-state index in [2.05, 4.69) is 113 Å². The predicted octanol–water partition coefficient (Wildman–Crippen LogP) is 5.78. The van der Waals surface area contributed by atoms with Crippen LogP contribution in [-0.4, -0.2) is 8.80 Å². The SMILES string of the molecule is CC1=C(C)C(C[SiH](c2ccccc2)c2ccccc2)C(c2ccc(C)cc2)=C1C. The monoisotopic (exact) mass is 394 g/mol. The second kappa shape index (κ2) is 8.38. The van der Waals surface area contributed by atoms with E-state index in [0.29, 0.717) is 5.92 Å². The lowest BCUT2D eigenvalue weighted by molar-refractivity contribution is 0.884. The van der Waals surface area contributed by atoms with Gasteiger partial charge in [0.05, 0.1) is 0 Å². The molecule has 0 N–H and O–H groups in total. The van der Waals surface area contributed by atoms with Gasteiger partial charge in [0.1, 0.15) is 8.80 Å². The van der Waals surface area contributed by atoms with Crippen molar-refractivity contribution >= 4 is 24.7 Å². The fourth-order valence-electron chi connectivity index (χ4n) is 4.75. The van der Waals surface area contributed by atoms with Crippen LogP contribution in [0.4, 0.5) is 0 Å². The van der Waals surface area contributed by atoms with Crippen LogP contribution >= 0.6 is 0 Å². The topological polar surface area (TPSA) is 0 Å². The normalized spacial score (nSPS) is 16.8. The first-order valence-electron chi connectivity index (χ1n) is 10.6. The van der Waals surface area contributed by atoms with Crippen LogP contribution in [0, 0.1) is 12.8 Å². The number of hydrogen-bond donors (Lipinski definition) is 0. The maximum Gasteiger partial charge on any atom is 0.104 e. The summed E-state index contributed by atoms with van der Waals surface area (Å²) in [5, 5.41) is 3.08. The quantitative estimate of drug-likeness (QED) is 0.482. The van der Waals surface area contributed by atoms with Gasteiger partial charge in [-0.15, -0.1) is 0 Å². The molecule has 0 heterocycles. The molecule has 0 bridgehead atoms.